The summed E-state index contributed by atoms with van der Waals surface area (Å²) >= 11 is 6.84. The summed E-state index contributed by atoms with van der Waals surface area (Å²) in [5.74, 6) is -0.897. The van der Waals surface area contributed by atoms with Crippen molar-refractivity contribution in [3.05, 3.63) is 76.9 Å². The van der Waals surface area contributed by atoms with Gasteiger partial charge in [-0.15, -0.1) is 5.10 Å². The molecule has 0 saturated heterocycles. The van der Waals surface area contributed by atoms with Crippen molar-refractivity contribution in [2.45, 2.75) is 6.61 Å². The molecule has 0 fully saturated rings. The highest BCUT2D eigenvalue weighted by Gasteiger charge is 2.21. The first-order valence-electron chi connectivity index (χ1n) is 9.46. The molecule has 2 aromatic heterocycles. The normalized spacial score (nSPS) is 11.8. The van der Waals surface area contributed by atoms with E-state index in [2.05, 4.69) is 32.1 Å². The largest absolute Gasteiger partial charge is 0.496 e. The van der Waals surface area contributed by atoms with Gasteiger partial charge in [0, 0.05) is 25.0 Å². The Morgan fingerprint density at radius 2 is 2.15 bits per heavy atom. The van der Waals surface area contributed by atoms with E-state index in [-0.39, 0.29) is 39.4 Å². The molecule has 0 saturated carbocycles. The molecular weight excluding hydrogens is 469 g/mol. The summed E-state index contributed by atoms with van der Waals surface area (Å²) in [6, 6.07) is 7.79. The first kappa shape index (κ1) is 24.0. The molecule has 1 amide bonds. The van der Waals surface area contributed by atoms with Gasteiger partial charge < -0.3 is 9.47 Å². The second-order valence-corrected chi connectivity index (χ2v) is 7.70. The number of carbonyl (C=O) groups excluding carboxylic acids is 1. The van der Waals surface area contributed by atoms with E-state index >= 15 is 0 Å². The van der Waals surface area contributed by atoms with Gasteiger partial charge in [0.2, 0.25) is 5.13 Å². The highest BCUT2D eigenvalue weighted by atomic mass is 35.5. The van der Waals surface area contributed by atoms with E-state index in [4.69, 9.17) is 21.1 Å². The number of pyridine rings is 1. The highest BCUT2D eigenvalue weighted by molar-refractivity contribution is 7.17. The van der Waals surface area contributed by atoms with E-state index in [1.807, 2.05) is 0 Å². The average molecular weight is 488 g/mol. The molecule has 0 aliphatic carbocycles. The smallest absolute Gasteiger partial charge is 0.296 e. The summed E-state index contributed by atoms with van der Waals surface area (Å²) in [5.41, 5.74) is 1.03. The number of aromatic nitrogens is 3. The number of ether oxygens (including phenoxy) is 2. The minimum atomic E-state index is -0.581. The highest BCUT2D eigenvalue weighted by Crippen LogP contribution is 2.32. The van der Waals surface area contributed by atoms with Crippen LogP contribution in [0.25, 0.3) is 5.57 Å². The van der Waals surface area contributed by atoms with Crippen molar-refractivity contribution in [2.75, 3.05) is 19.5 Å². The van der Waals surface area contributed by atoms with Crippen LogP contribution < -0.4 is 14.8 Å². The number of rotatable bonds is 9. The van der Waals surface area contributed by atoms with Crippen LogP contribution in [0.3, 0.4) is 0 Å². The lowest BCUT2D eigenvalue weighted by Crippen LogP contribution is -2.17. The van der Waals surface area contributed by atoms with E-state index in [1.54, 1.807) is 18.2 Å². The van der Waals surface area contributed by atoms with Crippen LogP contribution in [-0.4, -0.2) is 41.5 Å². The van der Waals surface area contributed by atoms with Crippen LogP contribution in [0, 0.1) is 5.82 Å². The van der Waals surface area contributed by atoms with Crippen LogP contribution in [0.15, 0.2) is 59.7 Å². The molecule has 2 heterocycles. The minimum absolute atomic E-state index is 0.0685. The predicted octanol–water partition coefficient (Wildman–Crippen LogP) is 4.59. The Morgan fingerprint density at radius 1 is 1.33 bits per heavy atom. The molecule has 0 radical (unpaired) electrons. The Hall–Kier alpha value is -3.63. The Labute approximate surface area is 198 Å². The predicted molar refractivity (Wildman–Crippen MR) is 127 cm³/mol. The number of methoxy groups -OCH3 is 1. The summed E-state index contributed by atoms with van der Waals surface area (Å²) in [6.45, 7) is 3.88. The number of allylic oxidation sites excluding steroid dienone is 2. The lowest BCUT2D eigenvalue weighted by Gasteiger charge is -2.13. The third-order valence-electron chi connectivity index (χ3n) is 4.22. The fourth-order valence-corrected chi connectivity index (χ4v) is 3.47. The summed E-state index contributed by atoms with van der Waals surface area (Å²) in [7, 11) is 2.91. The van der Waals surface area contributed by atoms with Gasteiger partial charge in [-0.05, 0) is 35.6 Å². The lowest BCUT2D eigenvalue weighted by atomic mass is 9.98. The first-order chi connectivity index (χ1) is 16.0. The van der Waals surface area contributed by atoms with E-state index in [9.17, 15) is 9.18 Å². The zero-order valence-electron chi connectivity index (χ0n) is 17.7. The first-order valence-corrected chi connectivity index (χ1v) is 10.7. The van der Waals surface area contributed by atoms with Crippen molar-refractivity contribution in [2.24, 2.45) is 4.99 Å². The molecule has 0 unspecified atom stereocenters. The van der Waals surface area contributed by atoms with Gasteiger partial charge in [0.1, 0.15) is 18.2 Å². The summed E-state index contributed by atoms with van der Waals surface area (Å²) in [4.78, 5) is 21.1. The Balaban J connectivity index is 1.82. The molecule has 33 heavy (non-hydrogen) atoms. The van der Waals surface area contributed by atoms with Crippen molar-refractivity contribution >= 4 is 45.8 Å². The molecule has 0 atom stereocenters. The monoisotopic (exact) mass is 487 g/mol. The third kappa shape index (κ3) is 5.99. The lowest BCUT2D eigenvalue weighted by molar-refractivity contribution is -0.112. The molecular formula is C22H19ClFN5O3S. The maximum Gasteiger partial charge on any atom is 0.296 e. The Bertz CT molecular complexity index is 1210. The fraction of sp³-hybridized carbons (Fsp3) is 0.136. The van der Waals surface area contributed by atoms with E-state index < -0.39 is 11.7 Å². The number of anilines is 1. The molecule has 0 spiro atoms. The fourth-order valence-electron chi connectivity index (χ4n) is 2.77. The number of benzene rings is 1. The van der Waals surface area contributed by atoms with Crippen LogP contribution in [0.5, 0.6) is 10.9 Å². The average Bonchev–Trinajstić information content (AvgIpc) is 3.26. The zero-order chi connectivity index (χ0) is 23.8. The van der Waals surface area contributed by atoms with Gasteiger partial charge in [-0.1, -0.05) is 35.4 Å². The molecule has 11 heteroatoms. The number of amides is 1. The third-order valence-corrected chi connectivity index (χ3v) is 5.20. The molecule has 0 bridgehead atoms. The summed E-state index contributed by atoms with van der Waals surface area (Å²) < 4.78 is 25.4. The van der Waals surface area contributed by atoms with Crippen molar-refractivity contribution in [3.8, 4) is 10.9 Å². The van der Waals surface area contributed by atoms with Crippen molar-refractivity contribution in [1.82, 2.24) is 15.2 Å². The van der Waals surface area contributed by atoms with Crippen LogP contribution in [0.4, 0.5) is 9.52 Å². The second kappa shape index (κ2) is 11.3. The molecule has 8 nitrogen and oxygen atoms in total. The van der Waals surface area contributed by atoms with Gasteiger partial charge in [0.15, 0.2) is 0 Å². The molecule has 0 aliphatic rings. The van der Waals surface area contributed by atoms with E-state index in [1.165, 1.54) is 44.8 Å². The minimum Gasteiger partial charge on any atom is -0.496 e. The van der Waals surface area contributed by atoms with Gasteiger partial charge in [0.05, 0.1) is 29.0 Å². The van der Waals surface area contributed by atoms with Gasteiger partial charge in [0.25, 0.3) is 11.1 Å². The zero-order valence-corrected chi connectivity index (χ0v) is 19.3. The maximum absolute atomic E-state index is 14.6. The van der Waals surface area contributed by atoms with Gasteiger partial charge in [-0.25, -0.2) is 4.39 Å². The van der Waals surface area contributed by atoms with Crippen LogP contribution in [0.2, 0.25) is 5.02 Å². The van der Waals surface area contributed by atoms with Crippen molar-refractivity contribution in [3.63, 3.8) is 0 Å². The Morgan fingerprint density at radius 3 is 2.82 bits per heavy atom. The van der Waals surface area contributed by atoms with Crippen LogP contribution >= 0.6 is 22.9 Å². The number of nitrogens with zero attached hydrogens (tertiary/aromatic N) is 4. The quantitative estimate of drug-likeness (QED) is 0.269. The molecule has 0 aliphatic heterocycles. The van der Waals surface area contributed by atoms with Crippen molar-refractivity contribution < 1.29 is 18.7 Å². The van der Waals surface area contributed by atoms with Gasteiger partial charge in [-0.3, -0.25) is 20.1 Å². The standard InChI is InChI=1S/C22H19ClFN5O3S/c1-4-15(19-17(24)6-5-7-18(19)31-3)16(11-25-2)20(30)27-21-28-29-22(33-21)32-12-14-9-8-13(23)10-26-14/h4-11H,1,12H2,2-3H3,(H,27,28,30)/b16-15-,25-11?. The summed E-state index contributed by atoms with van der Waals surface area (Å²) in [6.07, 6.45) is 4.19. The number of hydrogen-bond acceptors (Lipinski definition) is 8. The molecule has 1 aromatic carbocycles. The van der Waals surface area contributed by atoms with Crippen molar-refractivity contribution in [1.29, 1.82) is 0 Å². The number of halogens is 2. The van der Waals surface area contributed by atoms with Crippen LogP contribution in [-0.2, 0) is 11.4 Å². The SMILES string of the molecule is C=C/C(=C(\C=NC)C(=O)Nc1nnc(OCc2ccc(Cl)cn2)s1)c1c(F)cccc1OC. The number of nitrogens with one attached hydrogen (secondary N) is 1. The van der Waals surface area contributed by atoms with Gasteiger partial charge >= 0.3 is 0 Å². The molecule has 3 aromatic rings. The molecule has 1 N–H and O–H groups in total. The number of carbonyl (C=O) groups is 1. The number of hydrogen-bond donors (Lipinski definition) is 1. The maximum atomic E-state index is 14.6. The van der Waals surface area contributed by atoms with E-state index in [0.717, 1.165) is 11.3 Å². The molecule has 3 rings (SSSR count). The van der Waals surface area contributed by atoms with Crippen LogP contribution in [0.1, 0.15) is 11.3 Å². The topological polar surface area (TPSA) is 98.6 Å². The molecule has 170 valence electrons. The van der Waals surface area contributed by atoms with Gasteiger partial charge in [-0.2, -0.15) is 0 Å². The second-order valence-electron chi connectivity index (χ2n) is 6.32. The number of aliphatic imine (C=N–C) groups is 1. The Kier molecular flexibility index (Phi) is 8.22. The van der Waals surface area contributed by atoms with E-state index in [0.29, 0.717) is 10.7 Å². The summed E-state index contributed by atoms with van der Waals surface area (Å²) in [5, 5.41) is 11.4.